The SMILES string of the molecule is O=CC1CC(O)CC(C(O)C(O)CO)O1. The van der Waals surface area contributed by atoms with E-state index in [4.69, 9.17) is 9.84 Å². The number of rotatable bonds is 4. The second kappa shape index (κ2) is 5.53. The van der Waals surface area contributed by atoms with Gasteiger partial charge in [-0.15, -0.1) is 0 Å². The van der Waals surface area contributed by atoms with Crippen molar-refractivity contribution < 1.29 is 30.0 Å². The molecule has 5 unspecified atom stereocenters. The Morgan fingerprint density at radius 2 is 2.07 bits per heavy atom. The quantitative estimate of drug-likeness (QED) is 0.401. The lowest BCUT2D eigenvalue weighted by Crippen LogP contribution is -2.48. The van der Waals surface area contributed by atoms with Crippen molar-refractivity contribution in [3.63, 3.8) is 0 Å². The monoisotopic (exact) mass is 220 g/mol. The van der Waals surface area contributed by atoms with Crippen LogP contribution in [0.4, 0.5) is 0 Å². The second-order valence-electron chi connectivity index (χ2n) is 3.71. The van der Waals surface area contributed by atoms with Gasteiger partial charge in [0, 0.05) is 12.8 Å². The Kier molecular flexibility index (Phi) is 4.62. The van der Waals surface area contributed by atoms with Crippen LogP contribution in [0.15, 0.2) is 0 Å². The van der Waals surface area contributed by atoms with Gasteiger partial charge in [-0.3, -0.25) is 0 Å². The first-order chi connectivity index (χ1) is 7.08. The molecular formula is C9H16O6. The topological polar surface area (TPSA) is 107 Å². The average Bonchev–Trinajstić information content (AvgIpc) is 2.26. The van der Waals surface area contributed by atoms with E-state index < -0.39 is 37.1 Å². The van der Waals surface area contributed by atoms with Gasteiger partial charge < -0.3 is 30.0 Å². The van der Waals surface area contributed by atoms with E-state index in [1.165, 1.54) is 0 Å². The molecule has 0 radical (unpaired) electrons. The van der Waals surface area contributed by atoms with E-state index in [0.29, 0.717) is 6.29 Å². The van der Waals surface area contributed by atoms with E-state index in [2.05, 4.69) is 0 Å². The average molecular weight is 220 g/mol. The number of hydrogen-bond acceptors (Lipinski definition) is 6. The third-order valence-electron chi connectivity index (χ3n) is 2.47. The molecule has 88 valence electrons. The molecule has 1 fully saturated rings. The zero-order chi connectivity index (χ0) is 11.4. The van der Waals surface area contributed by atoms with Crippen LogP contribution in [0.1, 0.15) is 12.8 Å². The molecule has 1 aliphatic rings. The Morgan fingerprint density at radius 1 is 1.40 bits per heavy atom. The van der Waals surface area contributed by atoms with Crippen molar-refractivity contribution in [2.75, 3.05) is 6.61 Å². The number of ether oxygens (including phenoxy) is 1. The van der Waals surface area contributed by atoms with Crippen LogP contribution in [0.25, 0.3) is 0 Å². The second-order valence-corrected chi connectivity index (χ2v) is 3.71. The molecule has 5 atom stereocenters. The molecule has 0 saturated carbocycles. The fraction of sp³-hybridized carbons (Fsp3) is 0.889. The van der Waals surface area contributed by atoms with E-state index in [0.717, 1.165) is 0 Å². The summed E-state index contributed by atoms with van der Waals surface area (Å²) >= 11 is 0. The lowest BCUT2D eigenvalue weighted by Gasteiger charge is -2.34. The molecule has 6 nitrogen and oxygen atoms in total. The fourth-order valence-electron chi connectivity index (χ4n) is 1.63. The first-order valence-corrected chi connectivity index (χ1v) is 4.84. The Hall–Kier alpha value is -0.530. The van der Waals surface area contributed by atoms with Gasteiger partial charge in [0.15, 0.2) is 0 Å². The van der Waals surface area contributed by atoms with Crippen LogP contribution < -0.4 is 0 Å². The van der Waals surface area contributed by atoms with E-state index in [9.17, 15) is 20.1 Å². The van der Waals surface area contributed by atoms with Crippen LogP contribution in [0.2, 0.25) is 0 Å². The van der Waals surface area contributed by atoms with Crippen LogP contribution >= 0.6 is 0 Å². The summed E-state index contributed by atoms with van der Waals surface area (Å²) in [6.07, 6.45) is -4.07. The molecule has 1 rings (SSSR count). The number of aliphatic hydroxyl groups is 4. The molecule has 1 heterocycles. The molecule has 0 bridgehead atoms. The smallest absolute Gasteiger partial charge is 0.148 e. The molecule has 0 spiro atoms. The van der Waals surface area contributed by atoms with Crippen molar-refractivity contribution >= 4 is 6.29 Å². The highest BCUT2D eigenvalue weighted by Gasteiger charge is 2.35. The van der Waals surface area contributed by atoms with Gasteiger partial charge in [-0.25, -0.2) is 0 Å². The predicted molar refractivity (Wildman–Crippen MR) is 49.1 cm³/mol. The third kappa shape index (κ3) is 3.22. The fourth-order valence-corrected chi connectivity index (χ4v) is 1.63. The lowest BCUT2D eigenvalue weighted by atomic mass is 9.96. The van der Waals surface area contributed by atoms with Gasteiger partial charge in [-0.2, -0.15) is 0 Å². The van der Waals surface area contributed by atoms with Crippen LogP contribution in [-0.4, -0.2) is 63.8 Å². The van der Waals surface area contributed by atoms with Crippen LogP contribution in [0, 0.1) is 0 Å². The summed E-state index contributed by atoms with van der Waals surface area (Å²) in [5.74, 6) is 0. The molecule has 1 aliphatic heterocycles. The summed E-state index contributed by atoms with van der Waals surface area (Å²) in [4.78, 5) is 10.5. The maximum atomic E-state index is 10.5. The molecule has 0 aromatic carbocycles. The number of aldehydes is 1. The first kappa shape index (κ1) is 12.5. The highest BCUT2D eigenvalue weighted by atomic mass is 16.5. The summed E-state index contributed by atoms with van der Waals surface area (Å²) in [6.45, 7) is -0.594. The minimum absolute atomic E-state index is 0.141. The van der Waals surface area contributed by atoms with Gasteiger partial charge in [-0.05, 0) is 0 Å². The van der Waals surface area contributed by atoms with E-state index in [1.54, 1.807) is 0 Å². The van der Waals surface area contributed by atoms with E-state index in [1.807, 2.05) is 0 Å². The number of carbonyl (C=O) groups is 1. The summed E-state index contributed by atoms with van der Waals surface area (Å²) in [5, 5.41) is 36.7. The summed E-state index contributed by atoms with van der Waals surface area (Å²) < 4.78 is 5.14. The normalized spacial score (nSPS) is 35.9. The standard InChI is InChI=1S/C9H16O6/c10-3-6-1-5(12)2-8(15-6)9(14)7(13)4-11/h3,5-9,11-14H,1-2,4H2. The Labute approximate surface area is 87.1 Å². The Bertz CT molecular complexity index is 209. The van der Waals surface area contributed by atoms with E-state index in [-0.39, 0.29) is 12.8 Å². The van der Waals surface area contributed by atoms with Gasteiger partial charge >= 0.3 is 0 Å². The Balaban J connectivity index is 2.56. The van der Waals surface area contributed by atoms with Crippen molar-refractivity contribution in [1.82, 2.24) is 0 Å². The number of carbonyl (C=O) groups excluding carboxylic acids is 1. The largest absolute Gasteiger partial charge is 0.394 e. The molecule has 6 heteroatoms. The molecule has 4 N–H and O–H groups in total. The van der Waals surface area contributed by atoms with Gasteiger partial charge in [0.05, 0.1) is 18.8 Å². The summed E-state index contributed by atoms with van der Waals surface area (Å²) in [7, 11) is 0. The van der Waals surface area contributed by atoms with Crippen LogP contribution in [-0.2, 0) is 9.53 Å². The maximum absolute atomic E-state index is 10.5. The molecule has 0 amide bonds. The van der Waals surface area contributed by atoms with Gasteiger partial charge in [-0.1, -0.05) is 0 Å². The molecule has 1 saturated heterocycles. The first-order valence-electron chi connectivity index (χ1n) is 4.84. The summed E-state index contributed by atoms with van der Waals surface area (Å²) in [6, 6.07) is 0. The molecule has 0 aromatic rings. The lowest BCUT2D eigenvalue weighted by molar-refractivity contribution is -0.167. The number of aliphatic hydroxyl groups excluding tert-OH is 4. The molecule has 15 heavy (non-hydrogen) atoms. The van der Waals surface area contributed by atoms with Crippen molar-refractivity contribution in [3.05, 3.63) is 0 Å². The van der Waals surface area contributed by atoms with Gasteiger partial charge in [0.1, 0.15) is 24.6 Å². The molecular weight excluding hydrogens is 204 g/mol. The third-order valence-corrected chi connectivity index (χ3v) is 2.47. The van der Waals surface area contributed by atoms with Crippen LogP contribution in [0.3, 0.4) is 0 Å². The zero-order valence-corrected chi connectivity index (χ0v) is 8.19. The maximum Gasteiger partial charge on any atom is 0.148 e. The van der Waals surface area contributed by atoms with Crippen molar-refractivity contribution in [1.29, 1.82) is 0 Å². The van der Waals surface area contributed by atoms with Gasteiger partial charge in [0.2, 0.25) is 0 Å². The van der Waals surface area contributed by atoms with Crippen molar-refractivity contribution in [2.45, 2.75) is 43.4 Å². The van der Waals surface area contributed by atoms with Crippen molar-refractivity contribution in [2.24, 2.45) is 0 Å². The van der Waals surface area contributed by atoms with Gasteiger partial charge in [0.25, 0.3) is 0 Å². The van der Waals surface area contributed by atoms with Crippen LogP contribution in [0.5, 0.6) is 0 Å². The predicted octanol–water partition coefficient (Wildman–Crippen LogP) is -2.19. The Morgan fingerprint density at radius 3 is 2.60 bits per heavy atom. The zero-order valence-electron chi connectivity index (χ0n) is 8.19. The summed E-state index contributed by atoms with van der Waals surface area (Å²) in [5.41, 5.74) is 0. The molecule has 0 aliphatic carbocycles. The van der Waals surface area contributed by atoms with Crippen molar-refractivity contribution in [3.8, 4) is 0 Å². The minimum atomic E-state index is -1.33. The number of hydrogen-bond donors (Lipinski definition) is 4. The van der Waals surface area contributed by atoms with E-state index >= 15 is 0 Å². The molecule has 0 aromatic heterocycles. The highest BCUT2D eigenvalue weighted by Crippen LogP contribution is 2.22. The highest BCUT2D eigenvalue weighted by molar-refractivity contribution is 5.56. The minimum Gasteiger partial charge on any atom is -0.394 e.